The predicted octanol–water partition coefficient (Wildman–Crippen LogP) is 8.37. The minimum Gasteiger partial charge on any atom is -0.492 e. The molecule has 5 aromatic rings. The molecule has 1 saturated heterocycles. The average molecular weight is 784 g/mol. The van der Waals surface area contributed by atoms with Crippen LogP contribution in [0.15, 0.2) is 67.0 Å². The average Bonchev–Trinajstić information content (AvgIpc) is 3.50. The molecule has 0 saturated carbocycles. The lowest BCUT2D eigenvalue weighted by Crippen LogP contribution is -2.34. The number of ether oxygens (including phenoxy) is 3. The molecule has 0 radical (unpaired) electrons. The lowest BCUT2D eigenvalue weighted by Gasteiger charge is -2.29. The van der Waals surface area contributed by atoms with Gasteiger partial charge < -0.3 is 24.2 Å². The predicted molar refractivity (Wildman–Crippen MR) is 212 cm³/mol. The number of hydrogen-bond acceptors (Lipinski definition) is 9. The lowest BCUT2D eigenvalue weighted by atomic mass is 9.96. The Labute approximate surface area is 331 Å². The molecule has 1 aliphatic rings. The number of halogens is 2. The van der Waals surface area contributed by atoms with Crippen LogP contribution < -0.4 is 19.5 Å². The van der Waals surface area contributed by atoms with Crippen molar-refractivity contribution >= 4 is 29.2 Å². The summed E-state index contributed by atoms with van der Waals surface area (Å²) in [5.74, 6) is 0.890. The monoisotopic (exact) mass is 782 g/mol. The SMILES string of the molecule is Cc1n[nH]c(C)c1C(NCc1cc(Cl)c(OCc2cccc(-c3cccc(OCC4CCCN(C)C4)c3Cl)c2C)cc1OCc1cncc(C#N)c1)C(=O)O. The first-order valence-electron chi connectivity index (χ1n) is 18.1. The number of nitrogens with zero attached hydrogens (tertiary/aromatic N) is 4. The van der Waals surface area contributed by atoms with Crippen LogP contribution >= 0.6 is 23.2 Å². The van der Waals surface area contributed by atoms with Crippen molar-refractivity contribution in [1.82, 2.24) is 25.4 Å². The fourth-order valence-electron chi connectivity index (χ4n) is 6.99. The van der Waals surface area contributed by atoms with Crippen LogP contribution in [0.25, 0.3) is 11.1 Å². The van der Waals surface area contributed by atoms with Gasteiger partial charge in [0.15, 0.2) is 0 Å². The second kappa shape index (κ2) is 18.0. The van der Waals surface area contributed by atoms with E-state index >= 15 is 0 Å². The number of likely N-dealkylation sites (tertiary alicyclic amines) is 1. The Hall–Kier alpha value is -5.12. The van der Waals surface area contributed by atoms with Crippen LogP contribution in [0, 0.1) is 38.0 Å². The number of pyridine rings is 1. The van der Waals surface area contributed by atoms with Crippen molar-refractivity contribution in [3.05, 3.63) is 122 Å². The largest absolute Gasteiger partial charge is 0.492 e. The van der Waals surface area contributed by atoms with Crippen molar-refractivity contribution in [3.8, 4) is 34.4 Å². The van der Waals surface area contributed by atoms with Crippen molar-refractivity contribution in [1.29, 1.82) is 5.26 Å². The number of nitrogens with one attached hydrogen (secondary N) is 2. The molecule has 2 atom stereocenters. The van der Waals surface area contributed by atoms with Gasteiger partial charge >= 0.3 is 5.97 Å². The molecule has 1 fully saturated rings. The zero-order valence-corrected chi connectivity index (χ0v) is 32.8. The van der Waals surface area contributed by atoms with Gasteiger partial charge in [-0.15, -0.1) is 0 Å². The minimum absolute atomic E-state index is 0.0985. The zero-order valence-electron chi connectivity index (χ0n) is 31.3. The number of hydrogen-bond donors (Lipinski definition) is 3. The Balaban J connectivity index is 1.22. The van der Waals surface area contributed by atoms with E-state index in [1.165, 1.54) is 12.6 Å². The van der Waals surface area contributed by atoms with Crippen LogP contribution in [0.4, 0.5) is 0 Å². The summed E-state index contributed by atoms with van der Waals surface area (Å²) in [5.41, 5.74) is 7.28. The fourth-order valence-corrected chi connectivity index (χ4v) is 7.52. The molecule has 55 heavy (non-hydrogen) atoms. The Bertz CT molecular complexity index is 2180. The molecule has 3 aromatic carbocycles. The van der Waals surface area contributed by atoms with Gasteiger partial charge in [0.1, 0.15) is 42.6 Å². The normalized spacial score (nSPS) is 15.0. The Morgan fingerprint density at radius 1 is 1.02 bits per heavy atom. The second-order valence-electron chi connectivity index (χ2n) is 14.0. The van der Waals surface area contributed by atoms with Crippen LogP contribution in [-0.4, -0.2) is 57.9 Å². The number of aliphatic carboxylic acids is 1. The topological polar surface area (TPSA) is 146 Å². The summed E-state index contributed by atoms with van der Waals surface area (Å²) >= 11 is 13.8. The van der Waals surface area contributed by atoms with E-state index in [1.807, 2.05) is 43.3 Å². The maximum Gasteiger partial charge on any atom is 0.325 e. The Morgan fingerprint density at radius 2 is 1.80 bits per heavy atom. The third-order valence-corrected chi connectivity index (χ3v) is 10.6. The first-order chi connectivity index (χ1) is 26.5. The number of H-pyrrole nitrogens is 1. The summed E-state index contributed by atoms with van der Waals surface area (Å²) in [4.78, 5) is 18.8. The van der Waals surface area contributed by atoms with Crippen molar-refractivity contribution < 1.29 is 24.1 Å². The molecule has 11 nitrogen and oxygen atoms in total. The molecular weight excluding hydrogens is 739 g/mol. The van der Waals surface area contributed by atoms with Gasteiger partial charge in [0.05, 0.1) is 27.9 Å². The summed E-state index contributed by atoms with van der Waals surface area (Å²) in [5, 5.41) is 30.5. The molecule has 6 rings (SSSR count). The number of carboxylic acid groups (broad SMARTS) is 1. The number of piperidine rings is 1. The number of aryl methyl sites for hydroxylation is 2. The first kappa shape index (κ1) is 39.6. The van der Waals surface area contributed by atoms with Crippen molar-refractivity contribution in [2.45, 2.75) is 59.4 Å². The fraction of sp³-hybridized carbons (Fsp3) is 0.333. The summed E-state index contributed by atoms with van der Waals surface area (Å²) in [6.45, 7) is 8.73. The molecule has 1 aliphatic heterocycles. The van der Waals surface area contributed by atoms with Gasteiger partial charge in [-0.1, -0.05) is 53.5 Å². The highest BCUT2D eigenvalue weighted by atomic mass is 35.5. The second-order valence-corrected chi connectivity index (χ2v) is 14.7. The van der Waals surface area contributed by atoms with E-state index in [1.54, 1.807) is 38.2 Å². The lowest BCUT2D eigenvalue weighted by molar-refractivity contribution is -0.139. The standard InChI is InChI=1S/C42H44Cl2N6O5/c1-25-31(9-5-10-33(25)34-11-6-12-36(40(34)44)53-22-28-8-7-13-50(4)21-28)24-55-38-16-37(54-23-30-14-29(17-45)18-46-19-30)32(15-35(38)43)20-47-41(42(51)52)39-26(2)48-49-27(39)3/h5-6,9-12,14-16,18-19,28,41,47H,7-8,13,20-24H2,1-4H3,(H,48,49)(H,51,52). The molecule has 0 spiro atoms. The summed E-state index contributed by atoms with van der Waals surface area (Å²) in [7, 11) is 2.15. The van der Waals surface area contributed by atoms with Crippen LogP contribution in [0.1, 0.15) is 63.7 Å². The molecular formula is C42H44Cl2N6O5. The number of carboxylic acids is 1. The van der Waals surface area contributed by atoms with E-state index in [0.29, 0.717) is 73.5 Å². The summed E-state index contributed by atoms with van der Waals surface area (Å²) in [6.07, 6.45) is 5.41. The maximum atomic E-state index is 12.4. The number of benzene rings is 3. The minimum atomic E-state index is -1.05. The van der Waals surface area contributed by atoms with E-state index in [-0.39, 0.29) is 19.8 Å². The Morgan fingerprint density at radius 3 is 2.55 bits per heavy atom. The first-order valence-corrected chi connectivity index (χ1v) is 18.9. The molecule has 0 amide bonds. The van der Waals surface area contributed by atoms with Gasteiger partial charge in [-0.05, 0) is 82.1 Å². The number of carbonyl (C=O) groups is 1. The number of rotatable bonds is 15. The third kappa shape index (κ3) is 9.58. The highest BCUT2D eigenvalue weighted by Crippen LogP contribution is 2.39. The summed E-state index contributed by atoms with van der Waals surface area (Å²) < 4.78 is 18.9. The molecule has 3 N–H and O–H groups in total. The van der Waals surface area contributed by atoms with Gasteiger partial charge in [0.2, 0.25) is 0 Å². The third-order valence-electron chi connectivity index (χ3n) is 9.93. The van der Waals surface area contributed by atoms with Gasteiger partial charge in [-0.3, -0.25) is 20.2 Å². The van der Waals surface area contributed by atoms with Gasteiger partial charge in [0, 0.05) is 65.4 Å². The van der Waals surface area contributed by atoms with Crippen LogP contribution in [0.2, 0.25) is 10.0 Å². The van der Waals surface area contributed by atoms with E-state index in [2.05, 4.69) is 38.5 Å². The van der Waals surface area contributed by atoms with Crippen LogP contribution in [0.5, 0.6) is 17.2 Å². The summed E-state index contributed by atoms with van der Waals surface area (Å²) in [6, 6.07) is 18.0. The molecule has 2 unspecified atom stereocenters. The van der Waals surface area contributed by atoms with Gasteiger partial charge in [-0.2, -0.15) is 10.4 Å². The number of nitriles is 1. The zero-order chi connectivity index (χ0) is 39.1. The van der Waals surface area contributed by atoms with E-state index < -0.39 is 12.0 Å². The van der Waals surface area contributed by atoms with E-state index in [9.17, 15) is 15.2 Å². The van der Waals surface area contributed by atoms with Gasteiger partial charge in [-0.25, -0.2) is 0 Å². The quantitative estimate of drug-likeness (QED) is 0.0947. The molecule has 3 heterocycles. The van der Waals surface area contributed by atoms with Crippen molar-refractivity contribution in [2.75, 3.05) is 26.7 Å². The Kier molecular flexibility index (Phi) is 13.0. The van der Waals surface area contributed by atoms with E-state index in [0.717, 1.165) is 41.8 Å². The molecule has 2 aromatic heterocycles. The number of aromatic amines is 1. The number of aromatic nitrogens is 3. The highest BCUT2D eigenvalue weighted by Gasteiger charge is 2.26. The molecule has 13 heteroatoms. The van der Waals surface area contributed by atoms with Crippen molar-refractivity contribution in [2.24, 2.45) is 5.92 Å². The van der Waals surface area contributed by atoms with Crippen LogP contribution in [0.3, 0.4) is 0 Å². The smallest absolute Gasteiger partial charge is 0.325 e. The van der Waals surface area contributed by atoms with Crippen molar-refractivity contribution in [3.63, 3.8) is 0 Å². The molecule has 0 bridgehead atoms. The van der Waals surface area contributed by atoms with Gasteiger partial charge in [0.25, 0.3) is 0 Å². The maximum absolute atomic E-state index is 12.4. The molecule has 0 aliphatic carbocycles. The highest BCUT2D eigenvalue weighted by molar-refractivity contribution is 6.35. The molecule has 286 valence electrons. The van der Waals surface area contributed by atoms with Crippen LogP contribution in [-0.2, 0) is 24.6 Å². The van der Waals surface area contributed by atoms with E-state index in [4.69, 9.17) is 37.4 Å².